The van der Waals surface area contributed by atoms with Crippen molar-refractivity contribution in [2.45, 2.75) is 51.4 Å². The molecule has 1 aliphatic rings. The molecule has 0 unspecified atom stereocenters. The Morgan fingerprint density at radius 1 is 1.00 bits per heavy atom. The molecule has 0 spiro atoms. The summed E-state index contributed by atoms with van der Waals surface area (Å²) in [7, 11) is 0. The van der Waals surface area contributed by atoms with Crippen LogP contribution in [0.3, 0.4) is 0 Å². The molecule has 1 amide bonds. The van der Waals surface area contributed by atoms with Crippen molar-refractivity contribution in [3.8, 4) is 0 Å². The van der Waals surface area contributed by atoms with Crippen molar-refractivity contribution < 1.29 is 24.2 Å². The molecule has 1 aliphatic carbocycles. The zero-order valence-electron chi connectivity index (χ0n) is 17.1. The second-order valence-corrected chi connectivity index (χ2v) is 8.86. The number of benzene rings is 2. The molecule has 154 valence electrons. The highest BCUT2D eigenvalue weighted by Gasteiger charge is 2.37. The maximum atomic E-state index is 14.7. The summed E-state index contributed by atoms with van der Waals surface area (Å²) in [5.41, 5.74) is 2.29. The van der Waals surface area contributed by atoms with Gasteiger partial charge in [-0.1, -0.05) is 33.8 Å². The maximum Gasteiger partial charge on any atom is 0.335 e. The quantitative estimate of drug-likeness (QED) is 0.792. The van der Waals surface area contributed by atoms with Gasteiger partial charge in [0.1, 0.15) is 12.4 Å². The van der Waals surface area contributed by atoms with Crippen LogP contribution in [0.4, 0.5) is 15.8 Å². The van der Waals surface area contributed by atoms with E-state index in [1.165, 1.54) is 17.7 Å². The minimum atomic E-state index is -1.26. The van der Waals surface area contributed by atoms with E-state index in [0.717, 1.165) is 29.4 Å². The molecular formula is C23H26FNO4. The molecule has 0 fully saturated rings. The van der Waals surface area contributed by atoms with Gasteiger partial charge < -0.3 is 10.2 Å². The van der Waals surface area contributed by atoms with Crippen molar-refractivity contribution in [3.63, 3.8) is 0 Å². The lowest BCUT2D eigenvalue weighted by atomic mass is 9.63. The number of amides is 1. The molecule has 3 rings (SSSR count). The van der Waals surface area contributed by atoms with Gasteiger partial charge in [-0.25, -0.2) is 9.18 Å². The predicted molar refractivity (Wildman–Crippen MR) is 109 cm³/mol. The normalized spacial score (nSPS) is 16.8. The van der Waals surface area contributed by atoms with Gasteiger partial charge in [0.2, 0.25) is 0 Å². The number of carbonyl (C=O) groups is 2. The number of hydrogen-bond donors (Lipinski definition) is 2. The molecule has 0 heterocycles. The number of aliphatic hydroxyl groups is 1. The van der Waals surface area contributed by atoms with Crippen LogP contribution in [0, 0.1) is 5.82 Å². The Morgan fingerprint density at radius 2 is 1.62 bits per heavy atom. The third-order valence-electron chi connectivity index (χ3n) is 5.91. The Bertz CT molecular complexity index is 981. The van der Waals surface area contributed by atoms with Gasteiger partial charge in [0.05, 0.1) is 11.3 Å². The number of aliphatic hydroxyl groups excluding tert-OH is 1. The van der Waals surface area contributed by atoms with Crippen LogP contribution in [-0.2, 0) is 15.6 Å². The van der Waals surface area contributed by atoms with E-state index in [9.17, 15) is 19.1 Å². The number of aromatic carboxylic acids is 1. The minimum absolute atomic E-state index is 0.0103. The molecule has 0 bridgehead atoms. The highest BCUT2D eigenvalue weighted by atomic mass is 19.1. The van der Waals surface area contributed by atoms with Gasteiger partial charge in [-0.15, -0.1) is 0 Å². The van der Waals surface area contributed by atoms with Crippen LogP contribution < -0.4 is 4.90 Å². The molecule has 2 aromatic carbocycles. The van der Waals surface area contributed by atoms with Gasteiger partial charge in [-0.3, -0.25) is 9.69 Å². The van der Waals surface area contributed by atoms with Crippen LogP contribution in [0.1, 0.15) is 62.0 Å². The van der Waals surface area contributed by atoms with E-state index in [0.29, 0.717) is 5.69 Å². The van der Waals surface area contributed by atoms with E-state index in [-0.39, 0.29) is 22.1 Å². The van der Waals surface area contributed by atoms with E-state index in [1.807, 2.05) is 12.1 Å². The monoisotopic (exact) mass is 399 g/mol. The summed E-state index contributed by atoms with van der Waals surface area (Å²) in [5, 5.41) is 18.5. The van der Waals surface area contributed by atoms with Gasteiger partial charge in [0.25, 0.3) is 5.91 Å². The number of anilines is 2. The number of carbonyl (C=O) groups excluding carboxylic acids is 1. The molecule has 0 saturated carbocycles. The average Bonchev–Trinajstić information content (AvgIpc) is 2.66. The molecule has 0 radical (unpaired) electrons. The number of hydrogen-bond acceptors (Lipinski definition) is 3. The van der Waals surface area contributed by atoms with E-state index >= 15 is 0 Å². The van der Waals surface area contributed by atoms with Crippen molar-refractivity contribution in [1.82, 2.24) is 0 Å². The van der Waals surface area contributed by atoms with Crippen LogP contribution in [-0.4, -0.2) is 28.7 Å². The Kier molecular flexibility index (Phi) is 5.26. The largest absolute Gasteiger partial charge is 0.478 e. The van der Waals surface area contributed by atoms with Gasteiger partial charge in [0.15, 0.2) is 0 Å². The summed E-state index contributed by atoms with van der Waals surface area (Å²) >= 11 is 0. The van der Waals surface area contributed by atoms with E-state index in [4.69, 9.17) is 5.11 Å². The fraction of sp³-hybridized carbons (Fsp3) is 0.391. The Balaban J connectivity index is 2.17. The van der Waals surface area contributed by atoms with E-state index in [1.54, 1.807) is 6.07 Å². The summed E-state index contributed by atoms with van der Waals surface area (Å²) in [4.78, 5) is 24.7. The molecule has 0 atom stereocenters. The first kappa shape index (κ1) is 21.0. The minimum Gasteiger partial charge on any atom is -0.478 e. The molecule has 2 N–H and O–H groups in total. The highest BCUT2D eigenvalue weighted by molar-refractivity contribution is 6.02. The van der Waals surface area contributed by atoms with Gasteiger partial charge in [0, 0.05) is 5.69 Å². The van der Waals surface area contributed by atoms with Crippen LogP contribution in [0.2, 0.25) is 0 Å². The van der Waals surface area contributed by atoms with E-state index < -0.39 is 24.3 Å². The van der Waals surface area contributed by atoms with E-state index in [2.05, 4.69) is 27.7 Å². The Hall–Kier alpha value is -2.73. The Morgan fingerprint density at radius 3 is 2.17 bits per heavy atom. The summed E-state index contributed by atoms with van der Waals surface area (Å²) in [6.07, 6.45) is 2.02. The lowest BCUT2D eigenvalue weighted by molar-refractivity contribution is -0.120. The first-order valence-electron chi connectivity index (χ1n) is 9.59. The van der Waals surface area contributed by atoms with Crippen LogP contribution in [0.25, 0.3) is 0 Å². The van der Waals surface area contributed by atoms with Crippen LogP contribution in [0.15, 0.2) is 36.4 Å². The average molecular weight is 399 g/mol. The van der Waals surface area contributed by atoms with Crippen molar-refractivity contribution >= 4 is 23.3 Å². The number of fused-ring (bicyclic) bond motifs is 1. The summed E-state index contributed by atoms with van der Waals surface area (Å²) < 4.78 is 14.7. The standard InChI is InChI=1S/C23H26FNO4/c1-22(2)9-10-23(3,4)17-12-15(6-7-16(17)22)25(20(27)13-26)19-8-5-14(21(28)29)11-18(19)24/h5-8,11-12,26H,9-10,13H2,1-4H3,(H,28,29). The van der Waals surface area contributed by atoms with Crippen LogP contribution >= 0.6 is 0 Å². The zero-order chi connectivity index (χ0) is 21.6. The molecule has 29 heavy (non-hydrogen) atoms. The molecule has 5 nitrogen and oxygen atoms in total. The van der Waals surface area contributed by atoms with Crippen molar-refractivity contribution in [2.75, 3.05) is 11.5 Å². The van der Waals surface area contributed by atoms with Crippen molar-refractivity contribution in [1.29, 1.82) is 0 Å². The molecule has 0 aromatic heterocycles. The maximum absolute atomic E-state index is 14.7. The molecule has 0 aliphatic heterocycles. The second kappa shape index (κ2) is 7.26. The molecule has 2 aromatic rings. The summed E-state index contributed by atoms with van der Waals surface area (Å²) in [5.74, 6) is -2.79. The lowest BCUT2D eigenvalue weighted by Crippen LogP contribution is -2.35. The smallest absolute Gasteiger partial charge is 0.335 e. The number of rotatable bonds is 4. The highest BCUT2D eigenvalue weighted by Crippen LogP contribution is 2.47. The van der Waals surface area contributed by atoms with Gasteiger partial charge in [-0.05, 0) is 65.1 Å². The number of carboxylic acid groups (broad SMARTS) is 1. The third-order valence-corrected chi connectivity index (χ3v) is 5.91. The van der Waals surface area contributed by atoms with Crippen molar-refractivity contribution in [2.24, 2.45) is 0 Å². The lowest BCUT2D eigenvalue weighted by Gasteiger charge is -2.42. The summed E-state index contributed by atoms with van der Waals surface area (Å²) in [6.45, 7) is 7.85. The number of halogens is 1. The first-order chi connectivity index (χ1) is 13.5. The Labute approximate surface area is 169 Å². The third kappa shape index (κ3) is 3.77. The summed E-state index contributed by atoms with van der Waals surface area (Å²) in [6, 6.07) is 8.96. The zero-order valence-corrected chi connectivity index (χ0v) is 17.1. The van der Waals surface area contributed by atoms with Crippen LogP contribution in [0.5, 0.6) is 0 Å². The predicted octanol–water partition coefficient (Wildman–Crippen LogP) is 4.53. The fourth-order valence-electron chi connectivity index (χ4n) is 4.03. The molecule has 0 saturated heterocycles. The number of carboxylic acids is 1. The molecular weight excluding hydrogens is 373 g/mol. The SMILES string of the molecule is CC1(C)CCC(C)(C)c2cc(N(C(=O)CO)c3ccc(C(=O)O)cc3F)ccc21. The molecule has 6 heteroatoms. The second-order valence-electron chi connectivity index (χ2n) is 8.86. The first-order valence-corrected chi connectivity index (χ1v) is 9.59. The van der Waals surface area contributed by atoms with Gasteiger partial charge >= 0.3 is 5.97 Å². The number of nitrogens with zero attached hydrogens (tertiary/aromatic N) is 1. The fourth-order valence-corrected chi connectivity index (χ4v) is 4.03. The van der Waals surface area contributed by atoms with Crippen molar-refractivity contribution in [3.05, 3.63) is 58.9 Å². The topological polar surface area (TPSA) is 77.8 Å². The van der Waals surface area contributed by atoms with Gasteiger partial charge in [-0.2, -0.15) is 0 Å².